The van der Waals surface area contributed by atoms with Crippen LogP contribution in [0.15, 0.2) is 16.7 Å². The third-order valence-corrected chi connectivity index (χ3v) is 6.96. The molecule has 4 heterocycles. The van der Waals surface area contributed by atoms with Crippen LogP contribution in [0.1, 0.15) is 49.6 Å². The summed E-state index contributed by atoms with van der Waals surface area (Å²) in [5.74, 6) is -2.72. The average molecular weight is 490 g/mol. The summed E-state index contributed by atoms with van der Waals surface area (Å²) in [5, 5.41) is 7.92. The number of fused-ring (bicyclic) bond motifs is 1. The average Bonchev–Trinajstić information content (AvgIpc) is 3.25. The van der Waals surface area contributed by atoms with Crippen molar-refractivity contribution < 1.29 is 22.4 Å². The second-order valence-electron chi connectivity index (χ2n) is 9.67. The molecule has 0 saturated carbocycles. The molecule has 7 nitrogen and oxygen atoms in total. The molecule has 2 aliphatic heterocycles. The zero-order valence-corrected chi connectivity index (χ0v) is 20.2. The lowest BCUT2D eigenvalue weighted by molar-refractivity contribution is 0.0173. The molecule has 10 heteroatoms. The topological polar surface area (TPSA) is 76.3 Å². The monoisotopic (exact) mass is 489 g/mol. The van der Waals surface area contributed by atoms with E-state index in [-0.39, 0.29) is 11.4 Å². The van der Waals surface area contributed by atoms with Gasteiger partial charge in [0.25, 0.3) is 11.8 Å². The number of hydrogen-bond donors (Lipinski definition) is 1. The molecule has 0 bridgehead atoms. The van der Waals surface area contributed by atoms with Gasteiger partial charge in [-0.3, -0.25) is 0 Å². The first-order chi connectivity index (χ1) is 16.7. The molecule has 2 fully saturated rings. The Bertz CT molecular complexity index is 1210. The summed E-state index contributed by atoms with van der Waals surface area (Å²) in [6, 6.07) is 2.91. The molecule has 2 aromatic heterocycles. The molecule has 35 heavy (non-hydrogen) atoms. The van der Waals surface area contributed by atoms with Gasteiger partial charge in [0.1, 0.15) is 17.2 Å². The molecule has 3 aromatic rings. The molecule has 0 spiro atoms. The fourth-order valence-electron chi connectivity index (χ4n) is 5.06. The highest BCUT2D eigenvalue weighted by molar-refractivity contribution is 5.93. The molecular formula is C25H30F3N5O2. The Balaban J connectivity index is 1.51. The van der Waals surface area contributed by atoms with E-state index in [0.29, 0.717) is 53.3 Å². The Morgan fingerprint density at radius 1 is 1.09 bits per heavy atom. The molecule has 0 aliphatic carbocycles. The number of benzene rings is 1. The summed E-state index contributed by atoms with van der Waals surface area (Å²) < 4.78 is 54.2. The predicted molar refractivity (Wildman–Crippen MR) is 126 cm³/mol. The number of ether oxygens (including phenoxy) is 1. The van der Waals surface area contributed by atoms with Crippen LogP contribution in [0.25, 0.3) is 22.4 Å². The van der Waals surface area contributed by atoms with Crippen molar-refractivity contribution in [2.75, 3.05) is 31.2 Å². The maximum atomic E-state index is 15.1. The summed E-state index contributed by atoms with van der Waals surface area (Å²) in [7, 11) is 0. The summed E-state index contributed by atoms with van der Waals surface area (Å²) >= 11 is 0. The van der Waals surface area contributed by atoms with Gasteiger partial charge in [0, 0.05) is 49.7 Å². The van der Waals surface area contributed by atoms with E-state index in [1.165, 1.54) is 6.07 Å². The number of hydrogen-bond acceptors (Lipinski definition) is 7. The fourth-order valence-corrected chi connectivity index (χ4v) is 5.06. The van der Waals surface area contributed by atoms with E-state index in [0.717, 1.165) is 51.9 Å². The zero-order valence-electron chi connectivity index (χ0n) is 20.2. The quantitative estimate of drug-likeness (QED) is 0.547. The lowest BCUT2D eigenvalue weighted by Gasteiger charge is -2.36. The van der Waals surface area contributed by atoms with Crippen LogP contribution in [0, 0.1) is 19.7 Å². The van der Waals surface area contributed by atoms with Gasteiger partial charge in [-0.15, -0.1) is 0 Å². The van der Waals surface area contributed by atoms with Crippen LogP contribution < -0.4 is 10.2 Å². The Morgan fingerprint density at radius 2 is 1.86 bits per heavy atom. The predicted octanol–water partition coefficient (Wildman–Crippen LogP) is 4.89. The van der Waals surface area contributed by atoms with E-state index in [1.54, 1.807) is 13.8 Å². The van der Waals surface area contributed by atoms with Crippen LogP contribution in [0.3, 0.4) is 0 Å². The van der Waals surface area contributed by atoms with Gasteiger partial charge >= 0.3 is 0 Å². The van der Waals surface area contributed by atoms with Gasteiger partial charge in [-0.2, -0.15) is 4.98 Å². The van der Waals surface area contributed by atoms with Gasteiger partial charge in [-0.05, 0) is 57.2 Å². The maximum Gasteiger partial charge on any atom is 0.270 e. The number of halogens is 3. The molecule has 2 saturated heterocycles. The number of alkyl halides is 2. The van der Waals surface area contributed by atoms with Crippen LogP contribution in [0.5, 0.6) is 0 Å². The molecule has 0 radical (unpaired) electrons. The van der Waals surface area contributed by atoms with Crippen molar-refractivity contribution in [1.29, 1.82) is 0 Å². The normalized spacial score (nSPS) is 20.1. The first kappa shape index (κ1) is 24.0. The Labute approximate surface area is 202 Å². The van der Waals surface area contributed by atoms with Crippen molar-refractivity contribution in [1.82, 2.24) is 20.4 Å². The number of rotatable bonds is 5. The maximum absolute atomic E-state index is 15.1. The molecule has 0 amide bonds. The van der Waals surface area contributed by atoms with E-state index < -0.39 is 17.3 Å². The van der Waals surface area contributed by atoms with E-state index in [1.807, 2.05) is 0 Å². The molecule has 2 aliphatic rings. The van der Waals surface area contributed by atoms with Crippen LogP contribution >= 0.6 is 0 Å². The minimum Gasteiger partial charge on any atom is -0.380 e. The number of anilines is 1. The number of nitrogens with zero attached hydrogens (tertiary/aromatic N) is 4. The van der Waals surface area contributed by atoms with Gasteiger partial charge < -0.3 is 19.5 Å². The number of pyridine rings is 1. The van der Waals surface area contributed by atoms with Crippen LogP contribution in [-0.4, -0.2) is 53.5 Å². The van der Waals surface area contributed by atoms with Gasteiger partial charge in [-0.1, -0.05) is 5.16 Å². The van der Waals surface area contributed by atoms with Crippen molar-refractivity contribution in [2.24, 2.45) is 0 Å². The number of aromatic nitrogens is 3. The summed E-state index contributed by atoms with van der Waals surface area (Å²) in [6.07, 6.45) is 3.97. The highest BCUT2D eigenvalue weighted by Gasteiger charge is 2.31. The van der Waals surface area contributed by atoms with Crippen LogP contribution in [0.4, 0.5) is 19.0 Å². The standard InChI is InChI=1S/C25H30F3N5O2/c1-14-19-11-16(25(3,27)28)12-20(26)22(19)31-23(21(14)24-29-15(2)32-35-24)33-8-6-17(7-9-33)30-18-5-4-10-34-13-18/h11-12,17-18,30H,4-10,13H2,1-3H3/t18-/m1/s1. The van der Waals surface area contributed by atoms with Crippen molar-refractivity contribution in [3.8, 4) is 11.5 Å². The van der Waals surface area contributed by atoms with Gasteiger partial charge in [0.2, 0.25) is 0 Å². The molecule has 188 valence electrons. The van der Waals surface area contributed by atoms with Crippen molar-refractivity contribution >= 4 is 16.7 Å². The van der Waals surface area contributed by atoms with E-state index in [9.17, 15) is 8.78 Å². The van der Waals surface area contributed by atoms with E-state index >= 15 is 4.39 Å². The summed E-state index contributed by atoms with van der Waals surface area (Å²) in [6.45, 7) is 7.20. The lowest BCUT2D eigenvalue weighted by atomic mass is 9.97. The zero-order chi connectivity index (χ0) is 24.7. The molecular weight excluding hydrogens is 459 g/mol. The van der Waals surface area contributed by atoms with Gasteiger partial charge in [0.05, 0.1) is 12.2 Å². The number of nitrogens with one attached hydrogen (secondary N) is 1. The SMILES string of the molecule is Cc1noc(-c2c(N3CCC(N[C@@H]4CCCOC4)CC3)nc3c(F)cc(C(C)(F)F)cc3c2C)n1. The molecule has 1 N–H and O–H groups in total. The number of piperidine rings is 1. The Hall–Kier alpha value is -2.72. The van der Waals surface area contributed by atoms with Crippen molar-refractivity contribution in [2.45, 2.75) is 64.5 Å². The Morgan fingerprint density at radius 3 is 2.49 bits per heavy atom. The highest BCUT2D eigenvalue weighted by atomic mass is 19.3. The second kappa shape index (κ2) is 9.39. The number of aryl methyl sites for hydroxylation is 2. The summed E-state index contributed by atoms with van der Waals surface area (Å²) in [4.78, 5) is 11.1. The fraction of sp³-hybridized carbons (Fsp3) is 0.560. The molecule has 1 aromatic carbocycles. The van der Waals surface area contributed by atoms with Crippen molar-refractivity contribution in [3.63, 3.8) is 0 Å². The third kappa shape index (κ3) is 4.86. The van der Waals surface area contributed by atoms with E-state index in [4.69, 9.17) is 9.26 Å². The third-order valence-electron chi connectivity index (χ3n) is 6.96. The van der Waals surface area contributed by atoms with Gasteiger partial charge in [-0.25, -0.2) is 18.2 Å². The molecule has 5 rings (SSSR count). The smallest absolute Gasteiger partial charge is 0.270 e. The van der Waals surface area contributed by atoms with Crippen LogP contribution in [0.2, 0.25) is 0 Å². The second-order valence-corrected chi connectivity index (χ2v) is 9.67. The largest absolute Gasteiger partial charge is 0.380 e. The van der Waals surface area contributed by atoms with Crippen LogP contribution in [-0.2, 0) is 10.7 Å². The first-order valence-electron chi connectivity index (χ1n) is 12.1. The minimum atomic E-state index is -3.18. The molecule has 1 atom stereocenters. The lowest BCUT2D eigenvalue weighted by Crippen LogP contribution is -2.48. The summed E-state index contributed by atoms with van der Waals surface area (Å²) in [5.41, 5.74) is 0.802. The Kier molecular flexibility index (Phi) is 6.43. The van der Waals surface area contributed by atoms with Gasteiger partial charge in [0.15, 0.2) is 5.82 Å². The highest BCUT2D eigenvalue weighted by Crippen LogP contribution is 2.39. The first-order valence-corrected chi connectivity index (χ1v) is 12.1. The minimum absolute atomic E-state index is 0.0603. The van der Waals surface area contributed by atoms with Crippen molar-refractivity contribution in [3.05, 3.63) is 34.9 Å². The van der Waals surface area contributed by atoms with E-state index in [2.05, 4.69) is 25.3 Å². The molecule has 0 unspecified atom stereocenters.